The van der Waals surface area contributed by atoms with Crippen molar-refractivity contribution in [2.45, 2.75) is 12.8 Å². The van der Waals surface area contributed by atoms with Crippen molar-refractivity contribution >= 4 is 34.6 Å². The van der Waals surface area contributed by atoms with E-state index in [4.69, 9.17) is 11.6 Å². The van der Waals surface area contributed by atoms with Crippen LogP contribution >= 0.6 is 11.6 Å². The van der Waals surface area contributed by atoms with Crippen molar-refractivity contribution in [2.24, 2.45) is 0 Å². The average molecular weight is 315 g/mol. The summed E-state index contributed by atoms with van der Waals surface area (Å²) in [6, 6.07) is 17.7. The van der Waals surface area contributed by atoms with Gasteiger partial charge in [-0.15, -0.1) is 11.6 Å². The molecular weight excluding hydrogens is 296 g/mol. The third-order valence-corrected chi connectivity index (χ3v) is 4.19. The lowest BCUT2D eigenvalue weighted by atomic mass is 10.2. The minimum Gasteiger partial charge on any atom is -0.372 e. The van der Waals surface area contributed by atoms with Crippen LogP contribution in [0.25, 0.3) is 0 Å². The van der Waals surface area contributed by atoms with Crippen molar-refractivity contribution in [1.82, 2.24) is 0 Å². The number of hydrogen-bond acceptors (Lipinski definition) is 2. The lowest BCUT2D eigenvalue weighted by Gasteiger charge is -2.24. The first kappa shape index (κ1) is 14.9. The quantitative estimate of drug-likeness (QED) is 0.790. The summed E-state index contributed by atoms with van der Waals surface area (Å²) in [6.07, 6.45) is 2.51. The Morgan fingerprint density at radius 1 is 0.955 bits per heavy atom. The standard InChI is InChI=1S/C18H19ClN2O/c19-14-18(22)21(16-6-2-1-3-7-16)17-10-8-15(9-11-17)20-12-4-5-13-20/h1-3,6-11H,4-5,12-14H2. The fourth-order valence-corrected chi connectivity index (χ4v) is 2.98. The monoisotopic (exact) mass is 314 g/mol. The highest BCUT2D eigenvalue weighted by atomic mass is 35.5. The van der Waals surface area contributed by atoms with Gasteiger partial charge in [0.05, 0.1) is 0 Å². The first-order valence-corrected chi connectivity index (χ1v) is 8.12. The third-order valence-electron chi connectivity index (χ3n) is 3.96. The fraction of sp³-hybridized carbons (Fsp3) is 0.278. The van der Waals surface area contributed by atoms with Crippen LogP contribution in [0.2, 0.25) is 0 Å². The van der Waals surface area contributed by atoms with Crippen LogP contribution in [0.4, 0.5) is 17.1 Å². The van der Waals surface area contributed by atoms with Crippen LogP contribution in [-0.4, -0.2) is 24.9 Å². The Kier molecular flexibility index (Phi) is 4.64. The molecular formula is C18H19ClN2O. The molecule has 0 spiro atoms. The van der Waals surface area contributed by atoms with Crippen LogP contribution in [0.15, 0.2) is 54.6 Å². The van der Waals surface area contributed by atoms with Gasteiger partial charge < -0.3 is 4.90 Å². The zero-order chi connectivity index (χ0) is 15.4. The second-order valence-corrected chi connectivity index (χ2v) is 5.68. The van der Waals surface area contributed by atoms with Crippen LogP contribution in [0.1, 0.15) is 12.8 Å². The van der Waals surface area contributed by atoms with E-state index in [0.29, 0.717) is 0 Å². The van der Waals surface area contributed by atoms with Gasteiger partial charge >= 0.3 is 0 Å². The van der Waals surface area contributed by atoms with Gasteiger partial charge in [-0.05, 0) is 49.2 Å². The zero-order valence-corrected chi connectivity index (χ0v) is 13.2. The molecule has 2 aromatic carbocycles. The van der Waals surface area contributed by atoms with Crippen molar-refractivity contribution < 1.29 is 4.79 Å². The van der Waals surface area contributed by atoms with Gasteiger partial charge in [-0.1, -0.05) is 18.2 Å². The van der Waals surface area contributed by atoms with Crippen LogP contribution in [-0.2, 0) is 4.79 Å². The summed E-state index contributed by atoms with van der Waals surface area (Å²) in [4.78, 5) is 16.3. The van der Waals surface area contributed by atoms with Gasteiger partial charge in [-0.2, -0.15) is 0 Å². The molecule has 1 aliphatic heterocycles. The van der Waals surface area contributed by atoms with E-state index >= 15 is 0 Å². The molecule has 2 aromatic rings. The molecule has 3 rings (SSSR count). The van der Waals surface area contributed by atoms with Gasteiger partial charge in [-0.25, -0.2) is 0 Å². The predicted octanol–water partition coefficient (Wildman–Crippen LogP) is 4.19. The Hall–Kier alpha value is -2.00. The lowest BCUT2D eigenvalue weighted by molar-refractivity contribution is -0.115. The molecule has 4 heteroatoms. The topological polar surface area (TPSA) is 23.6 Å². The van der Waals surface area contributed by atoms with Crippen molar-refractivity contribution in [3.8, 4) is 0 Å². The molecule has 1 fully saturated rings. The number of benzene rings is 2. The first-order valence-electron chi connectivity index (χ1n) is 7.58. The van der Waals surface area contributed by atoms with Gasteiger partial charge in [-0.3, -0.25) is 9.69 Å². The fourth-order valence-electron chi connectivity index (χ4n) is 2.86. The molecule has 114 valence electrons. The van der Waals surface area contributed by atoms with E-state index in [-0.39, 0.29) is 11.8 Å². The van der Waals surface area contributed by atoms with E-state index < -0.39 is 0 Å². The highest BCUT2D eigenvalue weighted by Crippen LogP contribution is 2.29. The van der Waals surface area contributed by atoms with Crippen molar-refractivity contribution in [3.05, 3.63) is 54.6 Å². The van der Waals surface area contributed by atoms with Gasteiger partial charge in [0.15, 0.2) is 0 Å². The molecule has 0 atom stereocenters. The summed E-state index contributed by atoms with van der Waals surface area (Å²) in [5.74, 6) is -0.162. The van der Waals surface area contributed by atoms with Gasteiger partial charge in [0.1, 0.15) is 5.88 Å². The number of nitrogens with zero attached hydrogens (tertiary/aromatic N) is 2. The van der Waals surface area contributed by atoms with Gasteiger partial charge in [0.25, 0.3) is 0 Å². The number of carbonyl (C=O) groups is 1. The van der Waals surface area contributed by atoms with Crippen LogP contribution in [0.5, 0.6) is 0 Å². The van der Waals surface area contributed by atoms with Crippen LogP contribution < -0.4 is 9.80 Å². The molecule has 0 unspecified atom stereocenters. The van der Waals surface area contributed by atoms with E-state index in [2.05, 4.69) is 17.0 Å². The number of amides is 1. The van der Waals surface area contributed by atoms with Crippen molar-refractivity contribution in [1.29, 1.82) is 0 Å². The number of halogens is 1. The Morgan fingerprint density at radius 3 is 2.14 bits per heavy atom. The molecule has 0 aliphatic carbocycles. The molecule has 1 amide bonds. The molecule has 1 aliphatic rings. The average Bonchev–Trinajstić information content (AvgIpc) is 3.11. The molecule has 0 bridgehead atoms. The van der Waals surface area contributed by atoms with Crippen molar-refractivity contribution in [2.75, 3.05) is 28.8 Å². The summed E-state index contributed by atoms with van der Waals surface area (Å²) in [7, 11) is 0. The smallest absolute Gasteiger partial charge is 0.246 e. The largest absolute Gasteiger partial charge is 0.372 e. The molecule has 1 saturated heterocycles. The second kappa shape index (κ2) is 6.84. The Morgan fingerprint density at radius 2 is 1.55 bits per heavy atom. The number of anilines is 3. The maximum absolute atomic E-state index is 12.2. The first-order chi connectivity index (χ1) is 10.8. The summed E-state index contributed by atoms with van der Waals surface area (Å²) < 4.78 is 0. The number of rotatable bonds is 4. The molecule has 3 nitrogen and oxygen atoms in total. The summed E-state index contributed by atoms with van der Waals surface area (Å²) >= 11 is 5.78. The van der Waals surface area contributed by atoms with E-state index in [0.717, 1.165) is 24.5 Å². The number of para-hydroxylation sites is 1. The predicted molar refractivity (Wildman–Crippen MR) is 92.2 cm³/mol. The number of carbonyl (C=O) groups excluding carboxylic acids is 1. The van der Waals surface area contributed by atoms with E-state index in [9.17, 15) is 4.79 Å². The molecule has 0 N–H and O–H groups in total. The zero-order valence-electron chi connectivity index (χ0n) is 12.4. The Bertz CT molecular complexity index is 621. The normalized spacial score (nSPS) is 14.1. The minimum absolute atomic E-state index is 0.0389. The maximum Gasteiger partial charge on any atom is 0.246 e. The minimum atomic E-state index is -0.123. The van der Waals surface area contributed by atoms with E-state index in [1.165, 1.54) is 18.5 Å². The van der Waals surface area contributed by atoms with Crippen molar-refractivity contribution in [3.63, 3.8) is 0 Å². The maximum atomic E-state index is 12.2. The molecule has 0 aromatic heterocycles. The molecule has 1 heterocycles. The number of alkyl halides is 1. The summed E-state index contributed by atoms with van der Waals surface area (Å²) in [5, 5.41) is 0. The summed E-state index contributed by atoms with van der Waals surface area (Å²) in [5.41, 5.74) is 2.90. The van der Waals surface area contributed by atoms with Gasteiger partial charge in [0.2, 0.25) is 5.91 Å². The SMILES string of the molecule is O=C(CCl)N(c1ccccc1)c1ccc(N2CCCC2)cc1. The Balaban J connectivity index is 1.89. The lowest BCUT2D eigenvalue weighted by Crippen LogP contribution is -2.27. The Labute approximate surface area is 136 Å². The van der Waals surface area contributed by atoms with Crippen LogP contribution in [0, 0.1) is 0 Å². The number of hydrogen-bond donors (Lipinski definition) is 0. The third kappa shape index (κ3) is 3.09. The highest BCUT2D eigenvalue weighted by Gasteiger charge is 2.18. The van der Waals surface area contributed by atoms with Crippen LogP contribution in [0.3, 0.4) is 0 Å². The second-order valence-electron chi connectivity index (χ2n) is 5.41. The molecule has 22 heavy (non-hydrogen) atoms. The molecule has 0 radical (unpaired) electrons. The summed E-state index contributed by atoms with van der Waals surface area (Å²) in [6.45, 7) is 2.23. The highest BCUT2D eigenvalue weighted by molar-refractivity contribution is 6.30. The molecule has 0 saturated carbocycles. The van der Waals surface area contributed by atoms with E-state index in [1.807, 2.05) is 42.5 Å². The van der Waals surface area contributed by atoms with Gasteiger partial charge in [0, 0.05) is 30.2 Å². The van der Waals surface area contributed by atoms with E-state index in [1.54, 1.807) is 4.90 Å².